The monoisotopic (exact) mass is 828 g/mol. The van der Waals surface area contributed by atoms with Crippen molar-refractivity contribution in [3.8, 4) is 11.1 Å². The zero-order chi connectivity index (χ0) is 44.2. The van der Waals surface area contributed by atoms with Crippen molar-refractivity contribution in [3.05, 3.63) is 192 Å². The van der Waals surface area contributed by atoms with E-state index in [1.165, 1.54) is 0 Å². The Kier molecular flexibility index (Phi) is 14.5. The van der Waals surface area contributed by atoms with Crippen molar-refractivity contribution in [1.82, 2.24) is 0 Å². The van der Waals surface area contributed by atoms with Crippen molar-refractivity contribution < 1.29 is 38.1 Å². The highest BCUT2D eigenvalue weighted by Gasteiger charge is 2.20. The third-order valence-corrected chi connectivity index (χ3v) is 9.84. The molecule has 0 aliphatic heterocycles. The molecule has 10 nitrogen and oxygen atoms in total. The Morgan fingerprint density at radius 2 is 0.790 bits per heavy atom. The lowest BCUT2D eigenvalue weighted by Crippen LogP contribution is -2.15. The third-order valence-electron chi connectivity index (χ3n) is 9.84. The van der Waals surface area contributed by atoms with E-state index in [1.54, 1.807) is 38.1 Å². The molecule has 0 saturated carbocycles. The number of para-hydroxylation sites is 2. The molecule has 0 aliphatic carbocycles. The normalized spacial score (nSPS) is 10.6. The van der Waals surface area contributed by atoms with Gasteiger partial charge >= 0.3 is 23.9 Å². The molecule has 0 atom stereocenters. The summed E-state index contributed by atoms with van der Waals surface area (Å²) in [5.74, 6) is -2.35. The number of carbonyl (C=O) groups is 4. The van der Waals surface area contributed by atoms with Gasteiger partial charge in [0.05, 0.1) is 35.5 Å². The molecular formula is C52H48N2O8. The standard InChI is InChI=1S/C52H48N2O8/c1-7-59-49(55)37(5)33-61-51(57)39-19-25-45(26-20-39)53(43-15-11-9-12-16-43)47-29-23-41(31-35(47)3)42-24-30-48(36(4)32-42)54(44-17-13-10-14-18-44)46-27-21-40(22-28-46)52(58)62-34-38(6)50(56)60-8-2/h9-32H,5-8,33-34H2,1-4H3. The van der Waals surface area contributed by atoms with Crippen LogP contribution < -0.4 is 9.80 Å². The molecule has 0 radical (unpaired) electrons. The quantitative estimate of drug-likeness (QED) is 0.0500. The van der Waals surface area contributed by atoms with Crippen LogP contribution >= 0.6 is 0 Å². The second-order valence-electron chi connectivity index (χ2n) is 14.2. The first-order chi connectivity index (χ1) is 30.0. The number of esters is 4. The predicted molar refractivity (Wildman–Crippen MR) is 243 cm³/mol. The summed E-state index contributed by atoms with van der Waals surface area (Å²) in [4.78, 5) is 53.7. The van der Waals surface area contributed by atoms with E-state index in [1.807, 2.05) is 84.9 Å². The topological polar surface area (TPSA) is 112 Å². The van der Waals surface area contributed by atoms with E-state index in [0.29, 0.717) is 11.1 Å². The number of ether oxygens (including phenoxy) is 4. The Labute approximate surface area is 362 Å². The highest BCUT2D eigenvalue weighted by molar-refractivity contribution is 5.94. The summed E-state index contributed by atoms with van der Waals surface area (Å²) in [6.07, 6.45) is 0. The molecule has 0 heterocycles. The van der Waals surface area contributed by atoms with Crippen molar-refractivity contribution in [2.24, 2.45) is 0 Å². The number of carbonyl (C=O) groups excluding carboxylic acids is 4. The smallest absolute Gasteiger partial charge is 0.338 e. The van der Waals surface area contributed by atoms with Gasteiger partial charge in [-0.25, -0.2) is 19.2 Å². The number of nitrogens with zero attached hydrogens (tertiary/aromatic N) is 2. The number of hydrogen-bond acceptors (Lipinski definition) is 10. The van der Waals surface area contributed by atoms with Crippen molar-refractivity contribution in [1.29, 1.82) is 0 Å². The number of rotatable bonds is 17. The van der Waals surface area contributed by atoms with Crippen LogP contribution in [0, 0.1) is 13.8 Å². The summed E-state index contributed by atoms with van der Waals surface area (Å²) in [7, 11) is 0. The molecule has 0 aliphatic rings. The first kappa shape index (κ1) is 43.8. The molecule has 0 saturated heterocycles. The van der Waals surface area contributed by atoms with Gasteiger partial charge in [-0.05, 0) is 147 Å². The molecule has 10 heteroatoms. The molecular weight excluding hydrogens is 781 g/mol. The average molecular weight is 829 g/mol. The summed E-state index contributed by atoms with van der Waals surface area (Å²) >= 11 is 0. The predicted octanol–water partition coefficient (Wildman–Crippen LogP) is 11.5. The summed E-state index contributed by atoms with van der Waals surface area (Å²) < 4.78 is 20.5. The largest absolute Gasteiger partial charge is 0.463 e. The van der Waals surface area contributed by atoms with E-state index in [9.17, 15) is 19.2 Å². The van der Waals surface area contributed by atoms with Crippen molar-refractivity contribution in [2.45, 2.75) is 27.7 Å². The summed E-state index contributed by atoms with van der Waals surface area (Å²) in [5, 5.41) is 0. The first-order valence-electron chi connectivity index (χ1n) is 20.1. The van der Waals surface area contributed by atoms with Crippen LogP contribution in [0.15, 0.2) is 170 Å². The minimum atomic E-state index is -0.599. The van der Waals surface area contributed by atoms with Crippen LogP contribution in [0.5, 0.6) is 0 Å². The summed E-state index contributed by atoms with van der Waals surface area (Å²) in [6.45, 7) is 14.7. The molecule has 6 rings (SSSR count). The molecule has 0 aromatic heterocycles. The van der Waals surface area contributed by atoms with Crippen LogP contribution in [0.25, 0.3) is 11.1 Å². The molecule has 0 bridgehead atoms. The Hall–Kier alpha value is -7.72. The molecule has 314 valence electrons. The lowest BCUT2D eigenvalue weighted by Gasteiger charge is -2.28. The van der Waals surface area contributed by atoms with E-state index in [2.05, 4.69) is 73.2 Å². The van der Waals surface area contributed by atoms with E-state index in [-0.39, 0.29) is 37.6 Å². The van der Waals surface area contributed by atoms with Crippen LogP contribution in [-0.4, -0.2) is 50.3 Å². The third kappa shape index (κ3) is 10.5. The maximum absolute atomic E-state index is 12.8. The molecule has 0 amide bonds. The molecule has 6 aromatic carbocycles. The van der Waals surface area contributed by atoms with Gasteiger partial charge in [-0.1, -0.05) is 61.7 Å². The van der Waals surface area contributed by atoms with Crippen LogP contribution in [-0.2, 0) is 28.5 Å². The fourth-order valence-electron chi connectivity index (χ4n) is 6.73. The number of aryl methyl sites for hydroxylation is 2. The van der Waals surface area contributed by atoms with Crippen molar-refractivity contribution >= 4 is 58.0 Å². The van der Waals surface area contributed by atoms with Gasteiger partial charge in [-0.15, -0.1) is 0 Å². The average Bonchev–Trinajstić information content (AvgIpc) is 3.29. The lowest BCUT2D eigenvalue weighted by atomic mass is 9.98. The fraction of sp³-hybridized carbons (Fsp3) is 0.154. The van der Waals surface area contributed by atoms with Gasteiger partial charge in [-0.2, -0.15) is 0 Å². The highest BCUT2D eigenvalue weighted by Crippen LogP contribution is 2.41. The Bertz CT molecular complexity index is 2390. The van der Waals surface area contributed by atoms with Gasteiger partial charge in [0.15, 0.2) is 0 Å². The number of benzene rings is 6. The number of hydrogen-bond donors (Lipinski definition) is 0. The van der Waals surface area contributed by atoms with Gasteiger partial charge in [0, 0.05) is 34.1 Å². The van der Waals surface area contributed by atoms with Crippen molar-refractivity contribution in [2.75, 3.05) is 36.2 Å². The van der Waals surface area contributed by atoms with Gasteiger partial charge < -0.3 is 28.7 Å². The minimum Gasteiger partial charge on any atom is -0.463 e. The van der Waals surface area contributed by atoms with Crippen LogP contribution in [0.2, 0.25) is 0 Å². The second-order valence-corrected chi connectivity index (χ2v) is 14.2. The molecule has 0 unspecified atom stereocenters. The summed E-state index contributed by atoms with van der Waals surface area (Å²) in [5.41, 5.74) is 10.4. The SMILES string of the molecule is C=C(COC(=O)c1ccc(N(c2ccccc2)c2ccc(-c3ccc(N(c4ccccc4)c4ccc(C(=O)OCC(=C)C(=O)OCC)cc4)c(C)c3)cc2C)cc1)C(=O)OCC. The van der Waals surface area contributed by atoms with E-state index in [4.69, 9.17) is 18.9 Å². The molecule has 62 heavy (non-hydrogen) atoms. The van der Waals surface area contributed by atoms with Gasteiger partial charge in [0.25, 0.3) is 0 Å². The Morgan fingerprint density at radius 3 is 1.11 bits per heavy atom. The molecule has 0 N–H and O–H groups in total. The Balaban J connectivity index is 1.24. The zero-order valence-electron chi connectivity index (χ0n) is 35.3. The van der Waals surface area contributed by atoms with Gasteiger partial charge in [0.2, 0.25) is 0 Å². The van der Waals surface area contributed by atoms with E-state index >= 15 is 0 Å². The van der Waals surface area contributed by atoms with Crippen LogP contribution in [0.4, 0.5) is 34.1 Å². The van der Waals surface area contributed by atoms with Crippen LogP contribution in [0.1, 0.15) is 45.7 Å². The van der Waals surface area contributed by atoms with Gasteiger partial charge in [0.1, 0.15) is 13.2 Å². The summed E-state index contributed by atoms with van der Waals surface area (Å²) in [6, 6.07) is 46.9. The fourth-order valence-corrected chi connectivity index (χ4v) is 6.73. The minimum absolute atomic E-state index is 0.0639. The maximum atomic E-state index is 12.8. The second kappa shape index (κ2) is 20.5. The number of anilines is 6. The maximum Gasteiger partial charge on any atom is 0.338 e. The zero-order valence-corrected chi connectivity index (χ0v) is 35.3. The van der Waals surface area contributed by atoms with Gasteiger partial charge in [-0.3, -0.25) is 0 Å². The molecule has 0 spiro atoms. The first-order valence-corrected chi connectivity index (χ1v) is 20.1. The van der Waals surface area contributed by atoms with Crippen molar-refractivity contribution in [3.63, 3.8) is 0 Å². The van der Waals surface area contributed by atoms with E-state index in [0.717, 1.165) is 56.4 Å². The van der Waals surface area contributed by atoms with Crippen LogP contribution in [0.3, 0.4) is 0 Å². The Morgan fingerprint density at radius 1 is 0.452 bits per heavy atom. The molecule has 0 fully saturated rings. The van der Waals surface area contributed by atoms with E-state index < -0.39 is 23.9 Å². The highest BCUT2D eigenvalue weighted by atomic mass is 16.6. The lowest BCUT2D eigenvalue weighted by molar-refractivity contribution is -0.139. The molecule has 6 aromatic rings.